The predicted molar refractivity (Wildman–Crippen MR) is 97.0 cm³/mol. The number of rotatable bonds is 2. The molecule has 2 aromatic rings. The van der Waals surface area contributed by atoms with Crippen molar-refractivity contribution in [2.75, 3.05) is 0 Å². The van der Waals surface area contributed by atoms with Crippen LogP contribution in [0, 0.1) is 39.8 Å². The van der Waals surface area contributed by atoms with Crippen LogP contribution < -0.4 is 0 Å². The second kappa shape index (κ2) is 25.6. The molecule has 0 amide bonds. The van der Waals surface area contributed by atoms with Crippen LogP contribution in [-0.4, -0.2) is 0 Å². The zero-order chi connectivity index (χ0) is 23.2. The maximum atomic E-state index is 8.20. The Morgan fingerprint density at radius 2 is 0.931 bits per heavy atom. The maximum absolute atomic E-state index is 8.20. The first kappa shape index (κ1) is 37.3. The Morgan fingerprint density at radius 1 is 0.621 bits per heavy atom. The van der Waals surface area contributed by atoms with Crippen LogP contribution >= 0.6 is 0 Å². The molecule has 0 spiro atoms. The normalized spacial score (nSPS) is 7.34. The Balaban J connectivity index is -0.000000153. The quantitative estimate of drug-likeness (QED) is 0.382. The van der Waals surface area contributed by atoms with Gasteiger partial charge in [0.15, 0.2) is 0 Å². The molecular formula is C23H18O5W. The van der Waals surface area contributed by atoms with E-state index < -0.39 is 0 Å². The van der Waals surface area contributed by atoms with Gasteiger partial charge in [0.1, 0.15) is 0 Å². The Labute approximate surface area is 187 Å². The Bertz CT molecular complexity index is 712. The zero-order valence-electron chi connectivity index (χ0n) is 16.1. The van der Waals surface area contributed by atoms with Crippen molar-refractivity contribution < 1.29 is 44.3 Å². The van der Waals surface area contributed by atoms with Crippen molar-refractivity contribution >= 4 is 5.57 Å². The summed E-state index contributed by atoms with van der Waals surface area (Å²) in [6.07, 6.45) is 0. The molecule has 0 unspecified atom stereocenters. The van der Waals surface area contributed by atoms with Crippen molar-refractivity contribution in [3.63, 3.8) is 0 Å². The zero-order valence-corrected chi connectivity index (χ0v) is 19.1. The molecule has 0 aliphatic rings. The van der Waals surface area contributed by atoms with Gasteiger partial charge in [-0.15, -0.1) is 0 Å². The average Bonchev–Trinajstić information content (AvgIpc) is 2.80. The van der Waals surface area contributed by atoms with E-state index in [4.69, 9.17) is 29.8 Å². The van der Waals surface area contributed by atoms with Crippen molar-refractivity contribution in [1.82, 2.24) is 0 Å². The van der Waals surface area contributed by atoms with E-state index in [1.165, 1.54) is 5.56 Å². The standard InChI is InChI=1S/C18H18.5CO.W/c1-14(15-8-6-5-7-9-15)16-10-12-17(13-11-16)18(2,3)4;5*1-2;/h5-13H,2-4H3;;;;;;. The van der Waals surface area contributed by atoms with Crippen molar-refractivity contribution in [1.29, 1.82) is 0 Å². The molecule has 5 nitrogen and oxygen atoms in total. The maximum Gasteiger partial charge on any atom is 0 e. The molecule has 2 rings (SSSR count). The summed E-state index contributed by atoms with van der Waals surface area (Å²) < 4.78 is 37.5. The Morgan fingerprint density at radius 3 is 1.24 bits per heavy atom. The largest absolute Gasteiger partial charge is 0.0622 e. The minimum atomic E-state index is 0. The van der Waals surface area contributed by atoms with E-state index in [0.29, 0.717) is 5.57 Å². The van der Waals surface area contributed by atoms with Gasteiger partial charge in [-0.1, -0.05) is 75.4 Å². The van der Waals surface area contributed by atoms with Crippen LogP contribution in [0.4, 0.5) is 0 Å². The second-order valence-electron chi connectivity index (χ2n) is 5.57. The first-order chi connectivity index (χ1) is 13.5. The molecule has 0 aliphatic heterocycles. The molecule has 146 valence electrons. The summed E-state index contributed by atoms with van der Waals surface area (Å²) in [6.45, 7) is 37.3. The van der Waals surface area contributed by atoms with Crippen molar-refractivity contribution in [3.8, 4) is 0 Å². The van der Waals surface area contributed by atoms with Gasteiger partial charge in [-0.05, 0) is 34.3 Å². The van der Waals surface area contributed by atoms with E-state index in [-0.39, 0.29) is 26.5 Å². The molecule has 2 aromatic carbocycles. The van der Waals surface area contributed by atoms with Gasteiger partial charge in [0.2, 0.25) is 0 Å². The third-order valence-corrected chi connectivity index (χ3v) is 3.10. The summed E-state index contributed by atoms with van der Waals surface area (Å²) >= 11 is 0. The van der Waals surface area contributed by atoms with Crippen molar-refractivity contribution in [2.24, 2.45) is 0 Å². The molecule has 0 aliphatic carbocycles. The molecule has 0 aromatic heterocycles. The van der Waals surface area contributed by atoms with Crippen LogP contribution in [0.5, 0.6) is 0 Å². The van der Waals surface area contributed by atoms with E-state index in [1.807, 2.05) is 42.5 Å². The second-order valence-corrected chi connectivity index (χ2v) is 5.57. The SMILES string of the molecule is [C-]#[O+].[C-]#[O+].[C-]#[O+].[C-]#[O+].[C-]#[O+].[C]=C(c1ccccc1)c1ccc(C(C)(C)C)cc1.[W]. The summed E-state index contributed by atoms with van der Waals surface area (Å²) in [4.78, 5) is 0. The first-order valence-corrected chi connectivity index (χ1v) is 7.25. The first-order valence-electron chi connectivity index (χ1n) is 7.25. The summed E-state index contributed by atoms with van der Waals surface area (Å²) in [5.41, 5.74) is 3.96. The third kappa shape index (κ3) is 16.2. The van der Waals surface area contributed by atoms with Gasteiger partial charge in [0.05, 0.1) is 0 Å². The minimum absolute atomic E-state index is 0. The summed E-state index contributed by atoms with van der Waals surface area (Å²) in [6, 6.07) is 18.2. The van der Waals surface area contributed by atoms with E-state index in [1.54, 1.807) is 0 Å². The van der Waals surface area contributed by atoms with E-state index in [9.17, 15) is 0 Å². The molecule has 0 fully saturated rings. The minimum Gasteiger partial charge on any atom is -0.0622 e. The van der Waals surface area contributed by atoms with E-state index >= 15 is 0 Å². The number of benzene rings is 2. The molecular weight excluding hydrogens is 540 g/mol. The summed E-state index contributed by atoms with van der Waals surface area (Å²) in [5, 5.41) is 0. The van der Waals surface area contributed by atoms with Gasteiger partial charge in [0, 0.05) is 21.1 Å². The van der Waals surface area contributed by atoms with Crippen molar-refractivity contribution in [3.05, 3.63) is 111 Å². The van der Waals surface area contributed by atoms with Crippen LogP contribution in [0.25, 0.3) is 5.57 Å². The van der Waals surface area contributed by atoms with Crippen molar-refractivity contribution in [2.45, 2.75) is 26.2 Å². The fourth-order valence-corrected chi connectivity index (χ4v) is 1.91. The van der Waals surface area contributed by atoms with Gasteiger partial charge in [-0.2, -0.15) is 0 Å². The van der Waals surface area contributed by atoms with E-state index in [0.717, 1.165) is 11.1 Å². The molecule has 0 saturated heterocycles. The summed E-state index contributed by atoms with van der Waals surface area (Å²) in [7, 11) is 0. The van der Waals surface area contributed by atoms with Gasteiger partial charge < -0.3 is 0 Å². The van der Waals surface area contributed by atoms with Gasteiger partial charge in [-0.3, -0.25) is 0 Å². The smallest absolute Gasteiger partial charge is 0 e. The molecule has 6 heteroatoms. The monoisotopic (exact) mass is 558 g/mol. The Kier molecular flexibility index (Phi) is 32.9. The summed E-state index contributed by atoms with van der Waals surface area (Å²) in [5.74, 6) is 0. The van der Waals surface area contributed by atoms with Crippen LogP contribution in [0.1, 0.15) is 37.5 Å². The molecule has 0 N–H and O–H groups in total. The van der Waals surface area contributed by atoms with E-state index in [2.05, 4.69) is 66.2 Å². The van der Waals surface area contributed by atoms with Crippen LogP contribution in [0.15, 0.2) is 54.6 Å². The number of hydrogen-bond acceptors (Lipinski definition) is 0. The third-order valence-electron chi connectivity index (χ3n) is 3.10. The predicted octanol–water partition coefficient (Wildman–Crippen LogP) is 4.54. The van der Waals surface area contributed by atoms with Crippen LogP contribution in [-0.2, 0) is 49.7 Å². The molecule has 0 bridgehead atoms. The van der Waals surface area contributed by atoms with Crippen LogP contribution in [0.3, 0.4) is 0 Å². The average molecular weight is 558 g/mol. The molecule has 0 saturated carbocycles. The Hall–Kier alpha value is -2.43. The molecule has 0 heterocycles. The topological polar surface area (TPSA) is 99.5 Å². The number of hydrogen-bond donors (Lipinski definition) is 0. The van der Waals surface area contributed by atoms with Gasteiger partial charge in [0.25, 0.3) is 0 Å². The van der Waals surface area contributed by atoms with Gasteiger partial charge in [-0.25, -0.2) is 0 Å². The fraction of sp³-hybridized carbons (Fsp3) is 0.174. The van der Waals surface area contributed by atoms with Crippen LogP contribution in [0.2, 0.25) is 0 Å². The fourth-order valence-electron chi connectivity index (χ4n) is 1.91. The molecule has 29 heavy (non-hydrogen) atoms. The molecule has 2 radical (unpaired) electrons. The van der Waals surface area contributed by atoms with Gasteiger partial charge >= 0.3 is 56.5 Å². The molecule has 0 atom stereocenters.